The Kier molecular flexibility index (Phi) is 10.2. The third kappa shape index (κ3) is 7.95. The van der Waals surface area contributed by atoms with Crippen LogP contribution in [0.3, 0.4) is 0 Å². The first-order valence-corrected chi connectivity index (χ1v) is 14.4. The van der Waals surface area contributed by atoms with Crippen LogP contribution in [0.2, 0.25) is 0 Å². The Bertz CT molecular complexity index is 1760. The van der Waals surface area contributed by atoms with Crippen LogP contribution in [-0.4, -0.2) is 51.6 Å². The molecule has 4 aromatic rings. The Labute approximate surface area is 252 Å². The quantitative estimate of drug-likeness (QED) is 0.129. The van der Waals surface area contributed by atoms with Crippen molar-refractivity contribution >= 4 is 45.1 Å². The fraction of sp³-hybridized carbons (Fsp3) is 0.100. The van der Waals surface area contributed by atoms with E-state index in [1.807, 2.05) is 0 Å². The molecule has 0 spiro atoms. The van der Waals surface area contributed by atoms with Crippen molar-refractivity contribution in [3.63, 3.8) is 0 Å². The summed E-state index contributed by atoms with van der Waals surface area (Å²) in [5.74, 6) is -0.289. The molecule has 0 aliphatic heterocycles. The lowest BCUT2D eigenvalue weighted by atomic mass is 10.2. The summed E-state index contributed by atoms with van der Waals surface area (Å²) in [7, 11) is -2.85. The minimum absolute atomic E-state index is 0.144. The maximum atomic E-state index is 13.4. The molecule has 0 heterocycles. The minimum Gasteiger partial charge on any atom is -0.495 e. The average Bonchev–Trinajstić information content (AvgIpc) is 3.04. The molecule has 4 rings (SSSR count). The predicted octanol–water partition coefficient (Wildman–Crippen LogP) is 3.97. The van der Waals surface area contributed by atoms with E-state index in [2.05, 4.69) is 15.8 Å². The number of hydrazone groups is 1. The van der Waals surface area contributed by atoms with Gasteiger partial charge in [0.1, 0.15) is 23.7 Å². The number of rotatable bonds is 13. The molecule has 226 valence electrons. The Morgan fingerprint density at radius 3 is 2.27 bits per heavy atom. The number of methoxy groups -OCH3 is 1. The zero-order valence-electron chi connectivity index (χ0n) is 23.3. The highest BCUT2D eigenvalue weighted by atomic mass is 32.2. The van der Waals surface area contributed by atoms with Crippen molar-refractivity contribution in [1.82, 2.24) is 5.43 Å². The minimum atomic E-state index is -4.35. The zero-order chi connectivity index (χ0) is 31.5. The lowest BCUT2D eigenvalue weighted by Gasteiger charge is -2.23. The largest absolute Gasteiger partial charge is 0.495 e. The van der Waals surface area contributed by atoms with Gasteiger partial charge in [0.05, 0.1) is 28.8 Å². The number of anilines is 2. The summed E-state index contributed by atoms with van der Waals surface area (Å²) < 4.78 is 38.2. The smallest absolute Gasteiger partial charge is 0.293 e. The van der Waals surface area contributed by atoms with E-state index in [0.717, 1.165) is 6.07 Å². The van der Waals surface area contributed by atoms with Crippen LogP contribution in [0, 0.1) is 10.1 Å². The molecule has 0 fully saturated rings. The topological polar surface area (TPSA) is 170 Å². The van der Waals surface area contributed by atoms with Gasteiger partial charge in [0.15, 0.2) is 6.61 Å². The van der Waals surface area contributed by atoms with Gasteiger partial charge in [0.25, 0.3) is 27.5 Å². The molecule has 4 aromatic carbocycles. The molecule has 0 aliphatic rings. The molecular weight excluding hydrogens is 590 g/mol. The van der Waals surface area contributed by atoms with Gasteiger partial charge in [0, 0.05) is 6.07 Å². The summed E-state index contributed by atoms with van der Waals surface area (Å²) in [6.07, 6.45) is 1.32. The van der Waals surface area contributed by atoms with Crippen LogP contribution in [-0.2, 0) is 19.6 Å². The van der Waals surface area contributed by atoms with Crippen LogP contribution >= 0.6 is 0 Å². The molecule has 2 N–H and O–H groups in total. The van der Waals surface area contributed by atoms with Crippen molar-refractivity contribution < 1.29 is 32.4 Å². The second-order valence-electron chi connectivity index (χ2n) is 8.97. The molecule has 0 bridgehead atoms. The number of sulfonamides is 1. The van der Waals surface area contributed by atoms with Crippen LogP contribution in [0.4, 0.5) is 17.1 Å². The van der Waals surface area contributed by atoms with Crippen molar-refractivity contribution in [2.45, 2.75) is 4.90 Å². The number of hydrogen-bond donors (Lipinski definition) is 2. The van der Waals surface area contributed by atoms with E-state index < -0.39 is 33.1 Å². The van der Waals surface area contributed by atoms with Crippen molar-refractivity contribution in [1.29, 1.82) is 0 Å². The summed E-state index contributed by atoms with van der Waals surface area (Å²) in [6.45, 7) is -1.02. The maximum Gasteiger partial charge on any atom is 0.293 e. The van der Waals surface area contributed by atoms with Crippen molar-refractivity contribution in [3.05, 3.63) is 119 Å². The summed E-state index contributed by atoms with van der Waals surface area (Å²) in [6, 6.07) is 25.9. The highest BCUT2D eigenvalue weighted by Gasteiger charge is 2.31. The molecule has 0 radical (unpaired) electrons. The number of para-hydroxylation sites is 4. The number of amides is 2. The fourth-order valence-electron chi connectivity index (χ4n) is 3.93. The normalized spacial score (nSPS) is 11.0. The second-order valence-corrected chi connectivity index (χ2v) is 10.8. The SMILES string of the molecule is COc1ccccc1NC(=O)COc1ccc(/C=N\NC(=O)CN(c2ccccc2[N+](=O)[O-])S(=O)(=O)c2ccccc2)cc1. The number of ether oxygens (including phenoxy) is 2. The van der Waals surface area contributed by atoms with Gasteiger partial charge in [-0.15, -0.1) is 0 Å². The van der Waals surface area contributed by atoms with Crippen LogP contribution < -0.4 is 24.5 Å². The van der Waals surface area contributed by atoms with Gasteiger partial charge in [-0.25, -0.2) is 18.1 Å². The number of benzene rings is 4. The number of nitro benzene ring substituents is 1. The van der Waals surface area contributed by atoms with Gasteiger partial charge in [-0.05, 0) is 60.2 Å². The monoisotopic (exact) mass is 617 g/mol. The molecule has 13 nitrogen and oxygen atoms in total. The number of nitro groups is 1. The van der Waals surface area contributed by atoms with Gasteiger partial charge in [-0.1, -0.05) is 42.5 Å². The first-order valence-electron chi connectivity index (χ1n) is 13.0. The summed E-state index contributed by atoms with van der Waals surface area (Å²) in [5, 5.41) is 18.2. The number of nitrogens with one attached hydrogen (secondary N) is 2. The molecule has 0 aromatic heterocycles. The van der Waals surface area contributed by atoms with E-state index in [1.54, 1.807) is 54.6 Å². The molecule has 0 unspecified atom stereocenters. The van der Waals surface area contributed by atoms with Gasteiger partial charge in [-0.3, -0.25) is 19.7 Å². The highest BCUT2D eigenvalue weighted by molar-refractivity contribution is 7.92. The lowest BCUT2D eigenvalue weighted by Crippen LogP contribution is -2.39. The molecule has 0 aliphatic carbocycles. The summed E-state index contributed by atoms with van der Waals surface area (Å²) >= 11 is 0. The van der Waals surface area contributed by atoms with Crippen LogP contribution in [0.1, 0.15) is 5.56 Å². The third-order valence-electron chi connectivity index (χ3n) is 6.00. The van der Waals surface area contributed by atoms with E-state index in [4.69, 9.17) is 9.47 Å². The number of hydrogen-bond acceptors (Lipinski definition) is 9. The lowest BCUT2D eigenvalue weighted by molar-refractivity contribution is -0.384. The fourth-order valence-corrected chi connectivity index (χ4v) is 5.38. The van der Waals surface area contributed by atoms with E-state index in [1.165, 1.54) is 55.8 Å². The Morgan fingerprint density at radius 1 is 0.909 bits per heavy atom. The number of carbonyl (C=O) groups is 2. The van der Waals surface area contributed by atoms with Crippen LogP contribution in [0.15, 0.2) is 113 Å². The van der Waals surface area contributed by atoms with Crippen molar-refractivity contribution in [2.75, 3.05) is 29.9 Å². The second kappa shape index (κ2) is 14.4. The number of nitrogens with zero attached hydrogens (tertiary/aromatic N) is 3. The summed E-state index contributed by atoms with van der Waals surface area (Å²) in [5.41, 5.74) is 2.57. The Morgan fingerprint density at radius 2 is 1.57 bits per heavy atom. The Balaban J connectivity index is 1.38. The molecule has 44 heavy (non-hydrogen) atoms. The van der Waals surface area contributed by atoms with E-state index in [0.29, 0.717) is 27.1 Å². The van der Waals surface area contributed by atoms with Gasteiger partial charge < -0.3 is 14.8 Å². The maximum absolute atomic E-state index is 13.4. The van der Waals surface area contributed by atoms with Crippen LogP contribution in [0.25, 0.3) is 0 Å². The first-order chi connectivity index (χ1) is 21.2. The van der Waals surface area contributed by atoms with E-state index >= 15 is 0 Å². The third-order valence-corrected chi connectivity index (χ3v) is 7.77. The molecular formula is C30H27N5O8S. The van der Waals surface area contributed by atoms with E-state index in [9.17, 15) is 28.1 Å². The van der Waals surface area contributed by atoms with E-state index in [-0.39, 0.29) is 23.1 Å². The first kappa shape index (κ1) is 31.2. The van der Waals surface area contributed by atoms with Gasteiger partial charge in [0.2, 0.25) is 0 Å². The zero-order valence-corrected chi connectivity index (χ0v) is 24.1. The van der Waals surface area contributed by atoms with Crippen molar-refractivity contribution in [3.8, 4) is 11.5 Å². The molecule has 2 amide bonds. The molecule has 0 saturated carbocycles. The summed E-state index contributed by atoms with van der Waals surface area (Å²) in [4.78, 5) is 35.8. The average molecular weight is 618 g/mol. The van der Waals surface area contributed by atoms with Gasteiger partial charge in [-0.2, -0.15) is 5.10 Å². The standard InChI is InChI=1S/C30H27N5O8S/c1-42-28-14-8-5-11-25(28)32-30(37)21-43-23-17-15-22(16-18-23)19-31-33-29(36)20-34(26-12-6-7-13-27(26)35(38)39)44(40,41)24-9-3-2-4-10-24/h2-19H,20-21H2,1H3,(H,32,37)(H,33,36)/b31-19-. The van der Waals surface area contributed by atoms with Crippen LogP contribution in [0.5, 0.6) is 11.5 Å². The number of carbonyl (C=O) groups excluding carboxylic acids is 2. The van der Waals surface area contributed by atoms with Crippen molar-refractivity contribution in [2.24, 2.45) is 5.10 Å². The predicted molar refractivity (Wildman–Crippen MR) is 163 cm³/mol. The van der Waals surface area contributed by atoms with Gasteiger partial charge >= 0.3 is 0 Å². The Hall–Kier alpha value is -5.76. The molecule has 14 heteroatoms. The molecule has 0 atom stereocenters. The highest BCUT2D eigenvalue weighted by Crippen LogP contribution is 2.32. The molecule has 0 saturated heterocycles.